The van der Waals surface area contributed by atoms with Gasteiger partial charge in [0.05, 0.1) is 37.3 Å². The smallest absolute Gasteiger partial charge is 0.409 e. The second kappa shape index (κ2) is 17.4. The second-order valence-electron chi connectivity index (χ2n) is 12.5. The molecule has 240 valence electrons. The molecule has 2 aromatic carbocycles. The standard InChI is InChI=1S/C24H35N3O5.C9H14BNO/c1-24(2,10-6-11-25)16-26-14-20(28)19(13-17-7-4-3-5-8-17)27-23(29)32-21-15-31-22-18(21)9-12-30-22;1-8-5-4-6-9(7-8)11(3)10(2)12/h3-5,7-8,18-22,26,28H,6,9-10,12-16H2,1-2H3,(H,27,29);4-7,12H,1-3H3/t18-,19-,20+,21-,22+;/m0./s1. The zero-order valence-corrected chi connectivity index (χ0v) is 26.7. The number of nitrogens with one attached hydrogen (secondary N) is 2. The Balaban J connectivity index is 0.000000369. The molecule has 0 radical (unpaired) electrons. The van der Waals surface area contributed by atoms with Gasteiger partial charge < -0.3 is 39.8 Å². The summed E-state index contributed by atoms with van der Waals surface area (Å²) in [6.07, 6.45) is 0.580. The fourth-order valence-corrected chi connectivity index (χ4v) is 5.27. The lowest BCUT2D eigenvalue weighted by Crippen LogP contribution is -2.50. The van der Waals surface area contributed by atoms with Crippen molar-refractivity contribution in [1.82, 2.24) is 10.6 Å². The highest BCUT2D eigenvalue weighted by Gasteiger charge is 2.44. The molecular formula is C33H49BN4O6. The number of carbonyl (C=O) groups excluding carboxylic acids is 1. The number of ether oxygens (including phenoxy) is 3. The molecule has 5 atom stereocenters. The summed E-state index contributed by atoms with van der Waals surface area (Å²) in [5, 5.41) is 35.1. The number of anilines is 1. The minimum absolute atomic E-state index is 0.0564. The maximum Gasteiger partial charge on any atom is 0.409 e. The van der Waals surface area contributed by atoms with Gasteiger partial charge in [-0.25, -0.2) is 4.79 Å². The molecule has 4 N–H and O–H groups in total. The number of hydrogen-bond acceptors (Lipinski definition) is 9. The first-order chi connectivity index (χ1) is 21.0. The average molecular weight is 609 g/mol. The Morgan fingerprint density at radius 2 is 1.98 bits per heavy atom. The Kier molecular flexibility index (Phi) is 14.0. The molecule has 0 spiro atoms. The van der Waals surface area contributed by atoms with Gasteiger partial charge in [0, 0.05) is 25.2 Å². The second-order valence-corrected chi connectivity index (χ2v) is 12.5. The van der Waals surface area contributed by atoms with Crippen molar-refractivity contribution in [3.05, 3.63) is 65.7 Å². The van der Waals surface area contributed by atoms with E-state index in [-0.39, 0.29) is 23.7 Å². The topological polar surface area (TPSA) is 136 Å². The minimum atomic E-state index is -0.808. The van der Waals surface area contributed by atoms with Crippen molar-refractivity contribution < 1.29 is 29.1 Å². The number of nitrogens with zero attached hydrogens (tertiary/aromatic N) is 2. The van der Waals surface area contributed by atoms with E-state index in [1.165, 1.54) is 5.56 Å². The zero-order valence-electron chi connectivity index (χ0n) is 26.7. The Morgan fingerprint density at radius 3 is 2.66 bits per heavy atom. The first-order valence-corrected chi connectivity index (χ1v) is 15.5. The predicted molar refractivity (Wildman–Crippen MR) is 172 cm³/mol. The van der Waals surface area contributed by atoms with E-state index in [0.29, 0.717) is 39.1 Å². The van der Waals surface area contributed by atoms with Crippen molar-refractivity contribution in [2.75, 3.05) is 38.2 Å². The quantitative estimate of drug-likeness (QED) is 0.250. The van der Waals surface area contributed by atoms with Gasteiger partial charge in [-0.15, -0.1) is 0 Å². The monoisotopic (exact) mass is 608 g/mol. The Morgan fingerprint density at radius 1 is 1.23 bits per heavy atom. The highest BCUT2D eigenvalue weighted by Crippen LogP contribution is 2.33. The number of aliphatic hydroxyl groups excluding tert-OH is 1. The maximum atomic E-state index is 12.7. The molecule has 0 unspecified atom stereocenters. The van der Waals surface area contributed by atoms with Crippen molar-refractivity contribution in [2.24, 2.45) is 11.3 Å². The van der Waals surface area contributed by atoms with E-state index in [0.717, 1.165) is 24.1 Å². The van der Waals surface area contributed by atoms with Crippen LogP contribution in [0.3, 0.4) is 0 Å². The molecule has 2 aromatic rings. The summed E-state index contributed by atoms with van der Waals surface area (Å²) in [4.78, 5) is 14.5. The number of rotatable bonds is 13. The highest BCUT2D eigenvalue weighted by atomic mass is 16.7. The van der Waals surface area contributed by atoms with Crippen LogP contribution in [0.4, 0.5) is 10.5 Å². The molecule has 0 aliphatic carbocycles. The van der Waals surface area contributed by atoms with Crippen molar-refractivity contribution in [1.29, 1.82) is 5.26 Å². The lowest BCUT2D eigenvalue weighted by Gasteiger charge is -2.28. The lowest BCUT2D eigenvalue weighted by molar-refractivity contribution is -0.0907. The summed E-state index contributed by atoms with van der Waals surface area (Å²) in [6, 6.07) is 19.5. The molecule has 2 saturated heterocycles. The van der Waals surface area contributed by atoms with Crippen LogP contribution in [0, 0.1) is 29.6 Å². The third kappa shape index (κ3) is 11.4. The number of nitriles is 1. The van der Waals surface area contributed by atoms with E-state index in [9.17, 15) is 14.9 Å². The van der Waals surface area contributed by atoms with Gasteiger partial charge in [-0.3, -0.25) is 0 Å². The molecule has 2 aliphatic heterocycles. The van der Waals surface area contributed by atoms with Crippen LogP contribution in [0.15, 0.2) is 54.6 Å². The summed E-state index contributed by atoms with van der Waals surface area (Å²) in [7, 11) is 1.44. The van der Waals surface area contributed by atoms with E-state index in [1.807, 2.05) is 73.4 Å². The van der Waals surface area contributed by atoms with Gasteiger partial charge in [0.15, 0.2) is 6.29 Å². The van der Waals surface area contributed by atoms with Gasteiger partial charge >= 0.3 is 13.1 Å². The van der Waals surface area contributed by atoms with Gasteiger partial charge in [0.1, 0.15) is 6.10 Å². The molecule has 0 bridgehead atoms. The highest BCUT2D eigenvalue weighted by molar-refractivity contribution is 6.53. The van der Waals surface area contributed by atoms with Crippen LogP contribution < -0.4 is 15.4 Å². The molecule has 10 nitrogen and oxygen atoms in total. The number of carbonyl (C=O) groups is 1. The van der Waals surface area contributed by atoms with Crippen LogP contribution in [-0.4, -0.2) is 81.2 Å². The van der Waals surface area contributed by atoms with Gasteiger partial charge in [-0.05, 0) is 68.7 Å². The van der Waals surface area contributed by atoms with Crippen molar-refractivity contribution in [3.63, 3.8) is 0 Å². The third-order valence-corrected chi connectivity index (χ3v) is 8.15. The Labute approximate surface area is 262 Å². The largest absolute Gasteiger partial charge is 0.443 e. The number of aryl methyl sites for hydroxylation is 1. The maximum absolute atomic E-state index is 12.7. The van der Waals surface area contributed by atoms with E-state index in [1.54, 1.807) is 6.82 Å². The lowest BCUT2D eigenvalue weighted by atomic mass is 9.85. The minimum Gasteiger partial charge on any atom is -0.443 e. The number of fused-ring (bicyclic) bond motifs is 1. The molecule has 1 amide bonds. The number of aliphatic hydroxyl groups is 1. The predicted octanol–water partition coefficient (Wildman–Crippen LogP) is 3.91. The molecule has 0 saturated carbocycles. The molecule has 44 heavy (non-hydrogen) atoms. The fourth-order valence-electron chi connectivity index (χ4n) is 5.27. The summed E-state index contributed by atoms with van der Waals surface area (Å²) in [5.41, 5.74) is 3.21. The van der Waals surface area contributed by atoms with Gasteiger partial charge in [0.25, 0.3) is 0 Å². The third-order valence-electron chi connectivity index (χ3n) is 8.15. The SMILES string of the molecule is CB(O)N(C)c1cccc(C)c1.CC(C)(CCC#N)CNC[C@@H](O)[C@H](Cc1ccccc1)NC(=O)O[C@H]1CO[C@H]2OCC[C@H]21. The van der Waals surface area contributed by atoms with Crippen molar-refractivity contribution in [2.45, 2.75) is 77.8 Å². The molecule has 2 fully saturated rings. The molecular weight excluding hydrogens is 559 g/mol. The number of hydrogen-bond donors (Lipinski definition) is 4. The number of benzene rings is 2. The van der Waals surface area contributed by atoms with E-state index < -0.39 is 25.3 Å². The number of amides is 1. The van der Waals surface area contributed by atoms with Crippen LogP contribution in [0.2, 0.25) is 6.82 Å². The van der Waals surface area contributed by atoms with Gasteiger partial charge in [0.2, 0.25) is 0 Å². The normalized spacial score (nSPS) is 20.4. The summed E-state index contributed by atoms with van der Waals surface area (Å²) >= 11 is 0. The zero-order chi connectivity index (χ0) is 32.1. The van der Waals surface area contributed by atoms with Crippen molar-refractivity contribution in [3.8, 4) is 6.07 Å². The molecule has 2 aliphatic rings. The summed E-state index contributed by atoms with van der Waals surface area (Å²) in [5.74, 6) is 0.0653. The molecule has 2 heterocycles. The average Bonchev–Trinajstić information content (AvgIpc) is 3.61. The first kappa shape index (κ1) is 35.3. The number of alkyl carbamates (subject to hydrolysis) is 1. The van der Waals surface area contributed by atoms with Crippen LogP contribution in [0.1, 0.15) is 44.2 Å². The van der Waals surface area contributed by atoms with Crippen molar-refractivity contribution >= 4 is 18.8 Å². The van der Waals surface area contributed by atoms with Gasteiger partial charge in [-0.2, -0.15) is 5.26 Å². The van der Waals surface area contributed by atoms with E-state index in [4.69, 9.17) is 19.5 Å². The van der Waals surface area contributed by atoms with Gasteiger partial charge in [-0.1, -0.05) is 56.3 Å². The Hall–Kier alpha value is -3.14. The van der Waals surface area contributed by atoms with E-state index in [2.05, 4.69) is 30.6 Å². The van der Waals surface area contributed by atoms with Crippen LogP contribution >= 0.6 is 0 Å². The summed E-state index contributed by atoms with van der Waals surface area (Å²) < 4.78 is 16.7. The fraction of sp³-hybridized carbons (Fsp3) is 0.576. The van der Waals surface area contributed by atoms with E-state index >= 15 is 0 Å². The first-order valence-electron chi connectivity index (χ1n) is 15.5. The summed E-state index contributed by atoms with van der Waals surface area (Å²) in [6.45, 7) is 9.89. The van der Waals surface area contributed by atoms with Crippen LogP contribution in [0.25, 0.3) is 0 Å². The molecule has 4 rings (SSSR count). The van der Waals surface area contributed by atoms with Crippen LogP contribution in [0.5, 0.6) is 0 Å². The van der Waals surface area contributed by atoms with Crippen LogP contribution in [-0.2, 0) is 20.6 Å². The molecule has 0 aromatic heterocycles. The Bertz CT molecular complexity index is 1190. The molecule has 11 heteroatoms.